The Bertz CT molecular complexity index is 825. The van der Waals surface area contributed by atoms with Crippen molar-refractivity contribution in [1.29, 1.82) is 0 Å². The molecule has 6 nitrogen and oxygen atoms in total. The summed E-state index contributed by atoms with van der Waals surface area (Å²) in [7, 11) is 0. The van der Waals surface area contributed by atoms with E-state index in [1.54, 1.807) is 0 Å². The Hall–Kier alpha value is -2.70. The van der Waals surface area contributed by atoms with Crippen molar-refractivity contribution in [3.63, 3.8) is 0 Å². The molecule has 1 saturated heterocycles. The first-order valence-corrected chi connectivity index (χ1v) is 10.8. The van der Waals surface area contributed by atoms with Crippen LogP contribution in [0.3, 0.4) is 0 Å². The molecule has 2 aromatic carbocycles. The fourth-order valence-electron chi connectivity index (χ4n) is 3.27. The molecule has 6 heteroatoms. The SMILES string of the molecule is CCc1ccc(NC(=NCCN2CCOCC2)NC(=O)c2ccc(CC)cc2)cc1. The van der Waals surface area contributed by atoms with E-state index in [2.05, 4.69) is 46.5 Å². The van der Waals surface area contributed by atoms with Crippen LogP contribution in [0.4, 0.5) is 5.69 Å². The number of guanidine groups is 1. The van der Waals surface area contributed by atoms with Gasteiger partial charge in [-0.2, -0.15) is 0 Å². The average Bonchev–Trinajstić information content (AvgIpc) is 2.80. The fraction of sp³-hybridized carbons (Fsp3) is 0.417. The Morgan fingerprint density at radius 3 is 2.17 bits per heavy atom. The molecular weight excluding hydrogens is 376 g/mol. The second kappa shape index (κ2) is 11.5. The van der Waals surface area contributed by atoms with Crippen molar-refractivity contribution in [2.75, 3.05) is 44.7 Å². The predicted octanol–water partition coefficient (Wildman–Crippen LogP) is 3.34. The highest BCUT2D eigenvalue weighted by Gasteiger charge is 2.12. The number of benzene rings is 2. The second-order valence-electron chi connectivity index (χ2n) is 7.36. The number of nitrogens with one attached hydrogen (secondary N) is 2. The van der Waals surface area contributed by atoms with Gasteiger partial charge in [-0.25, -0.2) is 0 Å². The van der Waals surface area contributed by atoms with Gasteiger partial charge in [-0.05, 0) is 48.2 Å². The molecule has 1 heterocycles. The number of carbonyl (C=O) groups excluding carboxylic acids is 1. The normalized spacial score (nSPS) is 15.1. The fourth-order valence-corrected chi connectivity index (χ4v) is 3.27. The number of aryl methyl sites for hydroxylation is 2. The zero-order chi connectivity index (χ0) is 21.2. The van der Waals surface area contributed by atoms with Gasteiger partial charge in [-0.3, -0.25) is 20.0 Å². The van der Waals surface area contributed by atoms with Gasteiger partial charge in [-0.1, -0.05) is 38.1 Å². The molecule has 1 amide bonds. The number of aliphatic imine (C=N–C) groups is 1. The maximum atomic E-state index is 12.8. The Kier molecular flexibility index (Phi) is 8.41. The van der Waals surface area contributed by atoms with Crippen LogP contribution >= 0.6 is 0 Å². The Morgan fingerprint density at radius 1 is 0.967 bits per heavy atom. The van der Waals surface area contributed by atoms with Crippen LogP contribution < -0.4 is 10.6 Å². The van der Waals surface area contributed by atoms with Crippen molar-refractivity contribution in [2.24, 2.45) is 4.99 Å². The molecule has 0 aromatic heterocycles. The molecule has 0 unspecified atom stereocenters. The van der Waals surface area contributed by atoms with Crippen molar-refractivity contribution in [3.05, 3.63) is 65.2 Å². The lowest BCUT2D eigenvalue weighted by molar-refractivity contribution is 0.0394. The standard InChI is InChI=1S/C24H32N4O2/c1-3-19-5-9-21(10-6-19)23(29)27-24(25-13-14-28-15-17-30-18-16-28)26-22-11-7-20(4-2)8-12-22/h5-12H,3-4,13-18H2,1-2H3,(H2,25,26,27,29). The number of carbonyl (C=O) groups is 1. The molecule has 1 aliphatic rings. The summed E-state index contributed by atoms with van der Waals surface area (Å²) in [5, 5.41) is 6.21. The molecule has 0 saturated carbocycles. The maximum Gasteiger partial charge on any atom is 0.257 e. The molecular formula is C24H32N4O2. The third kappa shape index (κ3) is 6.68. The van der Waals surface area contributed by atoms with E-state index >= 15 is 0 Å². The summed E-state index contributed by atoms with van der Waals surface area (Å²) >= 11 is 0. The molecule has 0 atom stereocenters. The Morgan fingerprint density at radius 2 is 1.57 bits per heavy atom. The van der Waals surface area contributed by atoms with Gasteiger partial charge in [0.25, 0.3) is 5.91 Å². The summed E-state index contributed by atoms with van der Waals surface area (Å²) in [6, 6.07) is 15.9. The number of ether oxygens (including phenoxy) is 1. The van der Waals surface area contributed by atoms with E-state index in [0.717, 1.165) is 51.4 Å². The lowest BCUT2D eigenvalue weighted by atomic mass is 10.1. The van der Waals surface area contributed by atoms with E-state index in [-0.39, 0.29) is 5.91 Å². The van der Waals surface area contributed by atoms with Crippen molar-refractivity contribution < 1.29 is 9.53 Å². The number of amides is 1. The number of hydrogen-bond donors (Lipinski definition) is 2. The van der Waals surface area contributed by atoms with Crippen LogP contribution in [0.5, 0.6) is 0 Å². The third-order valence-corrected chi connectivity index (χ3v) is 5.27. The highest BCUT2D eigenvalue weighted by molar-refractivity contribution is 6.09. The number of anilines is 1. The lowest BCUT2D eigenvalue weighted by Crippen LogP contribution is -2.39. The second-order valence-corrected chi connectivity index (χ2v) is 7.36. The van der Waals surface area contributed by atoms with Crippen LogP contribution in [0, 0.1) is 0 Å². The van der Waals surface area contributed by atoms with Gasteiger partial charge in [0, 0.05) is 30.9 Å². The molecule has 2 N–H and O–H groups in total. The first kappa shape index (κ1) is 22.0. The highest BCUT2D eigenvalue weighted by Crippen LogP contribution is 2.10. The van der Waals surface area contributed by atoms with E-state index < -0.39 is 0 Å². The van der Waals surface area contributed by atoms with Gasteiger partial charge >= 0.3 is 0 Å². The number of hydrogen-bond acceptors (Lipinski definition) is 4. The molecule has 1 fully saturated rings. The van der Waals surface area contributed by atoms with Crippen LogP contribution in [0.15, 0.2) is 53.5 Å². The monoisotopic (exact) mass is 408 g/mol. The molecule has 3 rings (SSSR count). The minimum absolute atomic E-state index is 0.166. The third-order valence-electron chi connectivity index (χ3n) is 5.27. The minimum Gasteiger partial charge on any atom is -0.379 e. The first-order valence-electron chi connectivity index (χ1n) is 10.8. The summed E-state index contributed by atoms with van der Waals surface area (Å²) in [4.78, 5) is 19.7. The predicted molar refractivity (Wildman–Crippen MR) is 122 cm³/mol. The van der Waals surface area contributed by atoms with Gasteiger partial charge in [0.15, 0.2) is 0 Å². The van der Waals surface area contributed by atoms with Crippen molar-refractivity contribution in [3.8, 4) is 0 Å². The minimum atomic E-state index is -0.166. The van der Waals surface area contributed by atoms with E-state index in [9.17, 15) is 4.79 Å². The van der Waals surface area contributed by atoms with Crippen LogP contribution in [0.25, 0.3) is 0 Å². The van der Waals surface area contributed by atoms with Crippen molar-refractivity contribution in [1.82, 2.24) is 10.2 Å². The van der Waals surface area contributed by atoms with Gasteiger partial charge in [-0.15, -0.1) is 0 Å². The number of nitrogens with zero attached hydrogens (tertiary/aromatic N) is 2. The molecule has 0 bridgehead atoms. The smallest absolute Gasteiger partial charge is 0.257 e. The summed E-state index contributed by atoms with van der Waals surface area (Å²) in [6.07, 6.45) is 1.94. The highest BCUT2D eigenvalue weighted by atomic mass is 16.5. The Balaban J connectivity index is 1.67. The van der Waals surface area contributed by atoms with Crippen molar-refractivity contribution >= 4 is 17.6 Å². The number of rotatable bonds is 7. The summed E-state index contributed by atoms with van der Waals surface area (Å²) in [5.74, 6) is 0.303. The lowest BCUT2D eigenvalue weighted by Gasteiger charge is -2.25. The van der Waals surface area contributed by atoms with E-state index in [0.29, 0.717) is 18.1 Å². The van der Waals surface area contributed by atoms with Crippen LogP contribution in [0.2, 0.25) is 0 Å². The van der Waals surface area contributed by atoms with Gasteiger partial charge < -0.3 is 10.1 Å². The zero-order valence-electron chi connectivity index (χ0n) is 18.0. The number of morpholine rings is 1. The summed E-state index contributed by atoms with van der Waals surface area (Å²) < 4.78 is 5.40. The quantitative estimate of drug-likeness (QED) is 0.545. The summed E-state index contributed by atoms with van der Waals surface area (Å²) in [5.41, 5.74) is 4.00. The topological polar surface area (TPSA) is 66.0 Å². The van der Waals surface area contributed by atoms with E-state index in [4.69, 9.17) is 4.74 Å². The Labute approximate surface area is 179 Å². The largest absolute Gasteiger partial charge is 0.379 e. The molecule has 0 spiro atoms. The van der Waals surface area contributed by atoms with Gasteiger partial charge in [0.1, 0.15) is 0 Å². The molecule has 0 aliphatic carbocycles. The maximum absolute atomic E-state index is 12.8. The van der Waals surface area contributed by atoms with Crippen LogP contribution in [0.1, 0.15) is 35.3 Å². The average molecular weight is 409 g/mol. The zero-order valence-corrected chi connectivity index (χ0v) is 18.0. The van der Waals surface area contributed by atoms with E-state index in [1.807, 2.05) is 36.4 Å². The van der Waals surface area contributed by atoms with Crippen LogP contribution in [-0.4, -0.2) is 56.2 Å². The van der Waals surface area contributed by atoms with Gasteiger partial charge in [0.2, 0.25) is 5.96 Å². The van der Waals surface area contributed by atoms with Crippen molar-refractivity contribution in [2.45, 2.75) is 26.7 Å². The van der Waals surface area contributed by atoms with Crippen LogP contribution in [-0.2, 0) is 17.6 Å². The molecule has 1 aliphatic heterocycles. The molecule has 2 aromatic rings. The first-order chi connectivity index (χ1) is 14.7. The molecule has 160 valence electrons. The molecule has 0 radical (unpaired) electrons. The summed E-state index contributed by atoms with van der Waals surface area (Å²) in [6.45, 7) is 9.05. The van der Waals surface area contributed by atoms with Gasteiger partial charge in [0.05, 0.1) is 19.8 Å². The molecule has 30 heavy (non-hydrogen) atoms. The van der Waals surface area contributed by atoms with E-state index in [1.165, 1.54) is 11.1 Å².